The van der Waals surface area contributed by atoms with Crippen LogP contribution in [0.3, 0.4) is 0 Å². The molecule has 1 N–H and O–H groups in total. The highest BCUT2D eigenvalue weighted by molar-refractivity contribution is 9.10. The first-order valence-electron chi connectivity index (χ1n) is 6.35. The predicted octanol–water partition coefficient (Wildman–Crippen LogP) is 3.98. The summed E-state index contributed by atoms with van der Waals surface area (Å²) in [6.45, 7) is 5.08. The van der Waals surface area contributed by atoms with Crippen LogP contribution in [-0.2, 0) is 4.74 Å². The Kier molecular flexibility index (Phi) is 5.48. The Hall–Kier alpha value is 0.100. The lowest BCUT2D eigenvalue weighted by atomic mass is 9.92. The van der Waals surface area contributed by atoms with E-state index in [9.17, 15) is 0 Å². The summed E-state index contributed by atoms with van der Waals surface area (Å²) >= 11 is 5.49. The minimum atomic E-state index is 0.498. The van der Waals surface area contributed by atoms with E-state index in [2.05, 4.69) is 39.6 Å². The minimum Gasteiger partial charge on any atom is -0.381 e. The van der Waals surface area contributed by atoms with Crippen LogP contribution in [0.4, 0.5) is 0 Å². The summed E-state index contributed by atoms with van der Waals surface area (Å²) in [6, 6.07) is 2.64. The second kappa shape index (κ2) is 6.88. The van der Waals surface area contributed by atoms with Crippen molar-refractivity contribution in [2.75, 3.05) is 19.8 Å². The third-order valence-corrected chi connectivity index (χ3v) is 5.31. The second-order valence-corrected chi connectivity index (χ2v) is 6.34. The van der Waals surface area contributed by atoms with E-state index >= 15 is 0 Å². The van der Waals surface area contributed by atoms with Gasteiger partial charge in [0.25, 0.3) is 0 Å². The molecule has 2 heterocycles. The summed E-state index contributed by atoms with van der Waals surface area (Å²) in [7, 11) is 0. The lowest BCUT2D eigenvalue weighted by Crippen LogP contribution is -2.25. The average molecular weight is 318 g/mol. The predicted molar refractivity (Wildman–Crippen MR) is 76.6 cm³/mol. The van der Waals surface area contributed by atoms with E-state index < -0.39 is 0 Å². The van der Waals surface area contributed by atoms with Gasteiger partial charge in [0.1, 0.15) is 0 Å². The Bertz CT molecular complexity index is 336. The van der Waals surface area contributed by atoms with Crippen LogP contribution >= 0.6 is 27.3 Å². The van der Waals surface area contributed by atoms with E-state index in [1.807, 2.05) is 11.3 Å². The molecule has 4 heteroatoms. The van der Waals surface area contributed by atoms with Gasteiger partial charge in [-0.05, 0) is 59.1 Å². The number of nitrogens with one attached hydrogen (secondary N) is 1. The van der Waals surface area contributed by atoms with Gasteiger partial charge in [0.05, 0.1) is 0 Å². The van der Waals surface area contributed by atoms with Crippen molar-refractivity contribution in [3.05, 3.63) is 20.8 Å². The first kappa shape index (κ1) is 13.5. The molecule has 96 valence electrons. The Morgan fingerprint density at radius 2 is 2.29 bits per heavy atom. The molecule has 0 spiro atoms. The maximum absolute atomic E-state index is 5.43. The molecule has 1 fully saturated rings. The van der Waals surface area contributed by atoms with Crippen molar-refractivity contribution >= 4 is 27.3 Å². The van der Waals surface area contributed by atoms with Crippen molar-refractivity contribution in [3.63, 3.8) is 0 Å². The third kappa shape index (κ3) is 3.78. The molecule has 1 aromatic heterocycles. The highest BCUT2D eigenvalue weighted by atomic mass is 79.9. The Balaban J connectivity index is 1.99. The average Bonchev–Trinajstić information content (AvgIpc) is 2.76. The molecule has 1 saturated heterocycles. The van der Waals surface area contributed by atoms with Gasteiger partial charge in [0, 0.05) is 28.6 Å². The molecular weight excluding hydrogens is 298 g/mol. The van der Waals surface area contributed by atoms with Crippen molar-refractivity contribution < 1.29 is 4.74 Å². The zero-order valence-electron chi connectivity index (χ0n) is 10.2. The quantitative estimate of drug-likeness (QED) is 0.887. The van der Waals surface area contributed by atoms with Crippen molar-refractivity contribution in [1.82, 2.24) is 5.32 Å². The van der Waals surface area contributed by atoms with Gasteiger partial charge in [-0.3, -0.25) is 0 Å². The molecule has 2 rings (SSSR count). The molecule has 1 aliphatic rings. The Morgan fingerprint density at radius 3 is 2.88 bits per heavy atom. The normalized spacial score (nSPS) is 19.4. The van der Waals surface area contributed by atoms with Crippen molar-refractivity contribution in [2.45, 2.75) is 32.2 Å². The summed E-state index contributed by atoms with van der Waals surface area (Å²) in [5, 5.41) is 5.77. The number of ether oxygens (including phenoxy) is 1. The van der Waals surface area contributed by atoms with Crippen molar-refractivity contribution in [2.24, 2.45) is 5.92 Å². The van der Waals surface area contributed by atoms with Gasteiger partial charge in [-0.1, -0.05) is 6.92 Å². The molecule has 1 unspecified atom stereocenters. The lowest BCUT2D eigenvalue weighted by molar-refractivity contribution is 0.0607. The molecule has 1 aliphatic heterocycles. The third-order valence-electron chi connectivity index (χ3n) is 3.32. The zero-order chi connectivity index (χ0) is 12.1. The summed E-state index contributed by atoms with van der Waals surface area (Å²) < 4.78 is 6.68. The van der Waals surface area contributed by atoms with Crippen LogP contribution in [-0.4, -0.2) is 19.8 Å². The molecule has 1 aromatic rings. The van der Waals surface area contributed by atoms with Gasteiger partial charge in [0.15, 0.2) is 0 Å². The highest BCUT2D eigenvalue weighted by Crippen LogP contribution is 2.34. The first-order valence-corrected chi connectivity index (χ1v) is 8.02. The number of hydrogen-bond donors (Lipinski definition) is 1. The van der Waals surface area contributed by atoms with E-state index in [0.29, 0.717) is 6.04 Å². The topological polar surface area (TPSA) is 21.3 Å². The molecule has 0 radical (unpaired) electrons. The standard InChI is InChI=1S/C13H20BrNOS/c1-2-15-12(13-11(14)5-8-17-13)9-10-3-6-16-7-4-10/h5,8,10,12,15H,2-4,6-7,9H2,1H3. The van der Waals surface area contributed by atoms with Crippen molar-refractivity contribution in [1.29, 1.82) is 0 Å². The first-order chi connectivity index (χ1) is 8.31. The molecule has 1 atom stereocenters. The molecule has 0 bridgehead atoms. The fourth-order valence-corrected chi connectivity index (χ4v) is 4.14. The van der Waals surface area contributed by atoms with E-state index in [1.54, 1.807) is 0 Å². The van der Waals surface area contributed by atoms with Crippen LogP contribution in [0.15, 0.2) is 15.9 Å². The number of rotatable bonds is 5. The monoisotopic (exact) mass is 317 g/mol. The highest BCUT2D eigenvalue weighted by Gasteiger charge is 2.22. The van der Waals surface area contributed by atoms with E-state index in [0.717, 1.165) is 25.7 Å². The number of hydrogen-bond acceptors (Lipinski definition) is 3. The van der Waals surface area contributed by atoms with Gasteiger partial charge in [0.2, 0.25) is 0 Å². The van der Waals surface area contributed by atoms with Crippen LogP contribution in [0, 0.1) is 5.92 Å². The summed E-state index contributed by atoms with van der Waals surface area (Å²) in [6.07, 6.45) is 3.66. The molecular formula is C13H20BrNOS. The second-order valence-electron chi connectivity index (χ2n) is 4.53. The fraction of sp³-hybridized carbons (Fsp3) is 0.692. The molecule has 0 saturated carbocycles. The fourth-order valence-electron chi connectivity index (χ4n) is 2.40. The molecule has 0 amide bonds. The molecule has 17 heavy (non-hydrogen) atoms. The van der Waals surface area contributed by atoms with Crippen LogP contribution < -0.4 is 5.32 Å². The summed E-state index contributed by atoms with van der Waals surface area (Å²) in [4.78, 5) is 1.44. The molecule has 0 aliphatic carbocycles. The number of thiophene rings is 1. The summed E-state index contributed by atoms with van der Waals surface area (Å²) in [5.41, 5.74) is 0. The van der Waals surface area contributed by atoms with Gasteiger partial charge in [-0.25, -0.2) is 0 Å². The minimum absolute atomic E-state index is 0.498. The van der Waals surface area contributed by atoms with Gasteiger partial charge in [-0.2, -0.15) is 0 Å². The van der Waals surface area contributed by atoms with Gasteiger partial charge < -0.3 is 10.1 Å². The Labute approximate surface area is 116 Å². The largest absolute Gasteiger partial charge is 0.381 e. The molecule has 2 nitrogen and oxygen atoms in total. The van der Waals surface area contributed by atoms with E-state index in [-0.39, 0.29) is 0 Å². The smallest absolute Gasteiger partial charge is 0.0468 e. The lowest BCUT2D eigenvalue weighted by Gasteiger charge is -2.27. The maximum atomic E-state index is 5.43. The van der Waals surface area contributed by atoms with Crippen molar-refractivity contribution in [3.8, 4) is 0 Å². The SMILES string of the molecule is CCNC(CC1CCOCC1)c1sccc1Br. The summed E-state index contributed by atoms with van der Waals surface area (Å²) in [5.74, 6) is 0.807. The van der Waals surface area contributed by atoms with E-state index in [4.69, 9.17) is 4.74 Å². The van der Waals surface area contributed by atoms with Crippen LogP contribution in [0.1, 0.15) is 37.1 Å². The number of halogens is 1. The Morgan fingerprint density at radius 1 is 1.53 bits per heavy atom. The van der Waals surface area contributed by atoms with Crippen LogP contribution in [0.2, 0.25) is 0 Å². The van der Waals surface area contributed by atoms with Gasteiger partial charge >= 0.3 is 0 Å². The zero-order valence-corrected chi connectivity index (χ0v) is 12.6. The molecule has 0 aromatic carbocycles. The van der Waals surface area contributed by atoms with Gasteiger partial charge in [-0.15, -0.1) is 11.3 Å². The maximum Gasteiger partial charge on any atom is 0.0468 e. The van der Waals surface area contributed by atoms with Crippen LogP contribution in [0.25, 0.3) is 0 Å². The van der Waals surface area contributed by atoms with Crippen LogP contribution in [0.5, 0.6) is 0 Å². The van der Waals surface area contributed by atoms with E-state index in [1.165, 1.54) is 28.6 Å².